The largest absolute Gasteiger partial charge is 0.383 e. The SMILES string of the molecule is CN1CCNc2ccc(-n3ccnc3)cc2C1. The molecule has 0 unspecified atom stereocenters. The lowest BCUT2D eigenvalue weighted by molar-refractivity contribution is 0.346. The van der Waals surface area contributed by atoms with Crippen LogP contribution in [0.25, 0.3) is 5.69 Å². The first-order chi connectivity index (χ1) is 8.33. The summed E-state index contributed by atoms with van der Waals surface area (Å²) < 4.78 is 2.03. The third kappa shape index (κ3) is 2.03. The van der Waals surface area contributed by atoms with E-state index in [2.05, 4.69) is 40.4 Å². The normalized spacial score (nSPS) is 16.1. The molecule has 17 heavy (non-hydrogen) atoms. The molecule has 0 radical (unpaired) electrons. The van der Waals surface area contributed by atoms with Crippen LogP contribution in [-0.2, 0) is 6.54 Å². The quantitative estimate of drug-likeness (QED) is 0.807. The van der Waals surface area contributed by atoms with Crippen LogP contribution in [0.1, 0.15) is 5.56 Å². The van der Waals surface area contributed by atoms with Crippen LogP contribution in [-0.4, -0.2) is 34.6 Å². The highest BCUT2D eigenvalue weighted by atomic mass is 15.1. The van der Waals surface area contributed by atoms with Crippen LogP contribution in [0.2, 0.25) is 0 Å². The highest BCUT2D eigenvalue weighted by Gasteiger charge is 2.11. The molecule has 2 aromatic rings. The molecule has 0 fully saturated rings. The molecule has 0 spiro atoms. The minimum atomic E-state index is 0.991. The van der Waals surface area contributed by atoms with Gasteiger partial charge in [-0.25, -0.2) is 4.98 Å². The summed E-state index contributed by atoms with van der Waals surface area (Å²) in [6.45, 7) is 3.08. The predicted octanol–water partition coefficient (Wildman–Crippen LogP) is 1.73. The number of benzene rings is 1. The molecule has 88 valence electrons. The molecule has 0 bridgehead atoms. The molecule has 0 aliphatic carbocycles. The van der Waals surface area contributed by atoms with E-state index in [1.165, 1.54) is 16.9 Å². The van der Waals surface area contributed by atoms with E-state index in [0.717, 1.165) is 19.6 Å². The van der Waals surface area contributed by atoms with Crippen molar-refractivity contribution >= 4 is 5.69 Å². The topological polar surface area (TPSA) is 33.1 Å². The van der Waals surface area contributed by atoms with E-state index < -0.39 is 0 Å². The number of anilines is 1. The van der Waals surface area contributed by atoms with Gasteiger partial charge in [-0.2, -0.15) is 0 Å². The second-order valence-electron chi connectivity index (χ2n) is 4.48. The van der Waals surface area contributed by atoms with Crippen LogP contribution in [0.5, 0.6) is 0 Å². The number of imidazole rings is 1. The van der Waals surface area contributed by atoms with E-state index in [9.17, 15) is 0 Å². The minimum absolute atomic E-state index is 0.991. The molecule has 4 heteroatoms. The Hall–Kier alpha value is -1.81. The smallest absolute Gasteiger partial charge is 0.0991 e. The predicted molar refractivity (Wildman–Crippen MR) is 68.4 cm³/mol. The van der Waals surface area contributed by atoms with Gasteiger partial charge in [0.2, 0.25) is 0 Å². The summed E-state index contributed by atoms with van der Waals surface area (Å²) >= 11 is 0. The molecule has 2 heterocycles. The third-order valence-electron chi connectivity index (χ3n) is 3.14. The van der Waals surface area contributed by atoms with Crippen molar-refractivity contribution in [2.75, 3.05) is 25.5 Å². The van der Waals surface area contributed by atoms with Crippen LogP contribution in [0.4, 0.5) is 5.69 Å². The van der Waals surface area contributed by atoms with Crippen molar-refractivity contribution in [2.45, 2.75) is 6.54 Å². The van der Waals surface area contributed by atoms with Gasteiger partial charge in [-0.15, -0.1) is 0 Å². The van der Waals surface area contributed by atoms with Crippen molar-refractivity contribution in [2.24, 2.45) is 0 Å². The Bertz CT molecular complexity index is 504. The first-order valence-corrected chi connectivity index (χ1v) is 5.86. The molecule has 3 rings (SSSR count). The van der Waals surface area contributed by atoms with E-state index in [4.69, 9.17) is 0 Å². The van der Waals surface area contributed by atoms with Gasteiger partial charge in [-0.1, -0.05) is 0 Å². The van der Waals surface area contributed by atoms with Gasteiger partial charge in [0.15, 0.2) is 0 Å². The van der Waals surface area contributed by atoms with Gasteiger partial charge in [0.05, 0.1) is 6.33 Å². The molecule has 1 aliphatic heterocycles. The van der Waals surface area contributed by atoms with Crippen molar-refractivity contribution in [3.05, 3.63) is 42.5 Å². The first kappa shape index (κ1) is 10.4. The first-order valence-electron chi connectivity index (χ1n) is 5.86. The Balaban J connectivity index is 2.00. The summed E-state index contributed by atoms with van der Waals surface area (Å²) in [6.07, 6.45) is 5.60. The van der Waals surface area contributed by atoms with E-state index in [1.807, 2.05) is 17.1 Å². The summed E-state index contributed by atoms with van der Waals surface area (Å²) in [6, 6.07) is 6.51. The number of nitrogens with one attached hydrogen (secondary N) is 1. The fourth-order valence-corrected chi connectivity index (χ4v) is 2.21. The minimum Gasteiger partial charge on any atom is -0.383 e. The Morgan fingerprint density at radius 2 is 2.29 bits per heavy atom. The summed E-state index contributed by atoms with van der Waals surface area (Å²) in [5, 5.41) is 3.46. The maximum absolute atomic E-state index is 4.08. The van der Waals surface area contributed by atoms with Crippen LogP contribution in [0, 0.1) is 0 Å². The number of rotatable bonds is 1. The maximum atomic E-state index is 4.08. The lowest BCUT2D eigenvalue weighted by atomic mass is 10.1. The average molecular weight is 228 g/mol. The Morgan fingerprint density at radius 3 is 3.12 bits per heavy atom. The van der Waals surface area contributed by atoms with Gasteiger partial charge in [0, 0.05) is 43.4 Å². The fraction of sp³-hybridized carbons (Fsp3) is 0.308. The average Bonchev–Trinajstić information content (AvgIpc) is 2.78. The van der Waals surface area contributed by atoms with Crippen LogP contribution >= 0.6 is 0 Å². The number of nitrogens with zero attached hydrogens (tertiary/aromatic N) is 3. The fourth-order valence-electron chi connectivity index (χ4n) is 2.21. The zero-order chi connectivity index (χ0) is 11.7. The highest BCUT2D eigenvalue weighted by Crippen LogP contribution is 2.22. The molecule has 4 nitrogen and oxygen atoms in total. The summed E-state index contributed by atoms with van der Waals surface area (Å²) in [5.41, 5.74) is 3.76. The lowest BCUT2D eigenvalue weighted by Gasteiger charge is -2.13. The number of aromatic nitrogens is 2. The second-order valence-corrected chi connectivity index (χ2v) is 4.48. The molecule has 0 saturated heterocycles. The Morgan fingerprint density at radius 1 is 1.35 bits per heavy atom. The van der Waals surface area contributed by atoms with Gasteiger partial charge in [0.1, 0.15) is 0 Å². The molecular weight excluding hydrogens is 212 g/mol. The molecular formula is C13H16N4. The van der Waals surface area contributed by atoms with E-state index in [0.29, 0.717) is 0 Å². The van der Waals surface area contributed by atoms with Crippen molar-refractivity contribution in [1.82, 2.24) is 14.5 Å². The van der Waals surface area contributed by atoms with Gasteiger partial charge >= 0.3 is 0 Å². The number of hydrogen-bond donors (Lipinski definition) is 1. The van der Waals surface area contributed by atoms with Crippen molar-refractivity contribution in [3.8, 4) is 5.69 Å². The second kappa shape index (κ2) is 4.22. The maximum Gasteiger partial charge on any atom is 0.0991 e. The van der Waals surface area contributed by atoms with Crippen molar-refractivity contribution in [1.29, 1.82) is 0 Å². The van der Waals surface area contributed by atoms with Crippen LogP contribution in [0.15, 0.2) is 36.9 Å². The van der Waals surface area contributed by atoms with E-state index in [-0.39, 0.29) is 0 Å². The zero-order valence-corrected chi connectivity index (χ0v) is 9.93. The van der Waals surface area contributed by atoms with Gasteiger partial charge in [0.25, 0.3) is 0 Å². The number of hydrogen-bond acceptors (Lipinski definition) is 3. The van der Waals surface area contributed by atoms with Crippen molar-refractivity contribution < 1.29 is 0 Å². The zero-order valence-electron chi connectivity index (χ0n) is 9.93. The standard InChI is InChI=1S/C13H16N4/c1-16-6-5-15-13-3-2-12(8-11(13)9-16)17-7-4-14-10-17/h2-4,7-8,10,15H,5-6,9H2,1H3. The molecule has 1 N–H and O–H groups in total. The van der Waals surface area contributed by atoms with Gasteiger partial charge < -0.3 is 14.8 Å². The van der Waals surface area contributed by atoms with Gasteiger partial charge in [-0.3, -0.25) is 0 Å². The van der Waals surface area contributed by atoms with Gasteiger partial charge in [-0.05, 0) is 30.8 Å². The van der Waals surface area contributed by atoms with Crippen molar-refractivity contribution in [3.63, 3.8) is 0 Å². The Labute approximate surface area is 101 Å². The summed E-state index contributed by atoms with van der Waals surface area (Å²) in [5.74, 6) is 0. The number of fused-ring (bicyclic) bond motifs is 1. The third-order valence-corrected chi connectivity index (χ3v) is 3.14. The number of likely N-dealkylation sites (N-methyl/N-ethyl adjacent to an activating group) is 1. The van der Waals surface area contributed by atoms with Crippen LogP contribution < -0.4 is 5.32 Å². The molecule has 0 saturated carbocycles. The summed E-state index contributed by atoms with van der Waals surface area (Å²) in [7, 11) is 2.15. The monoisotopic (exact) mass is 228 g/mol. The summed E-state index contributed by atoms with van der Waals surface area (Å²) in [4.78, 5) is 6.41. The highest BCUT2D eigenvalue weighted by molar-refractivity contribution is 5.56. The van der Waals surface area contributed by atoms with E-state index >= 15 is 0 Å². The Kier molecular flexibility index (Phi) is 2.57. The molecule has 1 aromatic carbocycles. The van der Waals surface area contributed by atoms with Crippen LogP contribution in [0.3, 0.4) is 0 Å². The molecule has 0 amide bonds. The lowest BCUT2D eigenvalue weighted by Crippen LogP contribution is -2.20. The van der Waals surface area contributed by atoms with E-state index in [1.54, 1.807) is 6.20 Å². The molecule has 1 aromatic heterocycles. The molecule has 1 aliphatic rings. The molecule has 0 atom stereocenters.